The fourth-order valence-corrected chi connectivity index (χ4v) is 2.28. The molecule has 1 aliphatic rings. The van der Waals surface area contributed by atoms with Gasteiger partial charge in [-0.15, -0.1) is 0 Å². The molecule has 0 saturated carbocycles. The second-order valence-corrected chi connectivity index (χ2v) is 4.82. The number of amides is 1. The standard InChI is InChI=1S/C12H25N3O2/c1-3-14-11(12(13)16)8-15(2)7-10-5-4-6-17-9-10/h10-11,14H,3-9H2,1-2H3,(H2,13,16). The minimum atomic E-state index is -0.279. The lowest BCUT2D eigenvalue weighted by atomic mass is 10.0. The average Bonchev–Trinajstić information content (AvgIpc) is 2.29. The molecular weight excluding hydrogens is 218 g/mol. The molecule has 0 aromatic carbocycles. The van der Waals surface area contributed by atoms with Crippen LogP contribution in [-0.2, 0) is 9.53 Å². The fraction of sp³-hybridized carbons (Fsp3) is 0.917. The minimum absolute atomic E-state index is 0.255. The van der Waals surface area contributed by atoms with Gasteiger partial charge < -0.3 is 20.7 Å². The third kappa shape index (κ3) is 5.48. The first-order valence-electron chi connectivity index (χ1n) is 6.42. The maximum atomic E-state index is 11.2. The Bertz CT molecular complexity index is 230. The predicted octanol–water partition coefficient (Wildman–Crippen LogP) is -0.192. The van der Waals surface area contributed by atoms with Gasteiger partial charge in [0.15, 0.2) is 0 Å². The van der Waals surface area contributed by atoms with Crippen molar-refractivity contribution in [3.63, 3.8) is 0 Å². The van der Waals surface area contributed by atoms with Crippen LogP contribution in [0.2, 0.25) is 0 Å². The van der Waals surface area contributed by atoms with Crippen LogP contribution in [0, 0.1) is 5.92 Å². The van der Waals surface area contributed by atoms with E-state index in [1.807, 2.05) is 14.0 Å². The molecule has 2 unspecified atom stereocenters. The largest absolute Gasteiger partial charge is 0.381 e. The van der Waals surface area contributed by atoms with E-state index in [0.29, 0.717) is 12.5 Å². The Morgan fingerprint density at radius 3 is 2.94 bits per heavy atom. The monoisotopic (exact) mass is 243 g/mol. The topological polar surface area (TPSA) is 67.6 Å². The predicted molar refractivity (Wildman–Crippen MR) is 67.7 cm³/mol. The molecule has 1 heterocycles. The van der Waals surface area contributed by atoms with Gasteiger partial charge in [-0.05, 0) is 32.4 Å². The van der Waals surface area contributed by atoms with Crippen molar-refractivity contribution >= 4 is 5.91 Å². The smallest absolute Gasteiger partial charge is 0.235 e. The molecule has 0 spiro atoms. The van der Waals surface area contributed by atoms with Gasteiger partial charge in [0.25, 0.3) is 0 Å². The summed E-state index contributed by atoms with van der Waals surface area (Å²) in [6.07, 6.45) is 2.36. The number of ether oxygens (including phenoxy) is 1. The first kappa shape index (κ1) is 14.4. The second kappa shape index (κ2) is 7.63. The van der Waals surface area contributed by atoms with E-state index in [1.54, 1.807) is 0 Å². The lowest BCUT2D eigenvalue weighted by molar-refractivity contribution is -0.120. The maximum Gasteiger partial charge on any atom is 0.235 e. The van der Waals surface area contributed by atoms with Crippen molar-refractivity contribution in [2.75, 3.05) is 39.9 Å². The number of carbonyl (C=O) groups is 1. The summed E-state index contributed by atoms with van der Waals surface area (Å²) in [5, 5.41) is 3.10. The van der Waals surface area contributed by atoms with E-state index in [2.05, 4.69) is 10.2 Å². The summed E-state index contributed by atoms with van der Waals surface area (Å²) in [6.45, 7) is 6.10. The van der Waals surface area contributed by atoms with Crippen molar-refractivity contribution in [1.29, 1.82) is 0 Å². The Morgan fingerprint density at radius 1 is 1.65 bits per heavy atom. The zero-order valence-electron chi connectivity index (χ0n) is 10.9. The molecule has 0 aliphatic carbocycles. The summed E-state index contributed by atoms with van der Waals surface area (Å²) in [7, 11) is 2.03. The number of nitrogens with zero attached hydrogens (tertiary/aromatic N) is 1. The Labute approximate surface area is 104 Å². The van der Waals surface area contributed by atoms with Crippen molar-refractivity contribution in [3.05, 3.63) is 0 Å². The number of nitrogens with one attached hydrogen (secondary N) is 1. The molecule has 2 atom stereocenters. The lowest BCUT2D eigenvalue weighted by Gasteiger charge is -2.29. The van der Waals surface area contributed by atoms with Gasteiger partial charge in [0.1, 0.15) is 0 Å². The van der Waals surface area contributed by atoms with E-state index in [-0.39, 0.29) is 11.9 Å². The molecule has 5 heteroatoms. The van der Waals surface area contributed by atoms with Crippen LogP contribution < -0.4 is 11.1 Å². The van der Waals surface area contributed by atoms with Gasteiger partial charge in [-0.2, -0.15) is 0 Å². The van der Waals surface area contributed by atoms with Crippen LogP contribution in [0.25, 0.3) is 0 Å². The van der Waals surface area contributed by atoms with Crippen molar-refractivity contribution in [2.45, 2.75) is 25.8 Å². The summed E-state index contributed by atoms with van der Waals surface area (Å²) in [5.41, 5.74) is 5.35. The second-order valence-electron chi connectivity index (χ2n) is 4.82. The molecule has 0 bridgehead atoms. The third-order valence-corrected chi connectivity index (χ3v) is 3.11. The van der Waals surface area contributed by atoms with Gasteiger partial charge in [-0.3, -0.25) is 4.79 Å². The van der Waals surface area contributed by atoms with E-state index in [4.69, 9.17) is 10.5 Å². The molecule has 17 heavy (non-hydrogen) atoms. The number of primary amides is 1. The number of hydrogen-bond donors (Lipinski definition) is 2. The van der Waals surface area contributed by atoms with Crippen LogP contribution in [-0.4, -0.2) is 56.7 Å². The first-order valence-corrected chi connectivity index (χ1v) is 6.42. The zero-order valence-corrected chi connectivity index (χ0v) is 10.9. The first-order chi connectivity index (χ1) is 8.13. The Kier molecular flexibility index (Phi) is 6.47. The molecule has 1 amide bonds. The van der Waals surface area contributed by atoms with Gasteiger partial charge in [0.05, 0.1) is 12.6 Å². The van der Waals surface area contributed by atoms with Crippen molar-refractivity contribution in [1.82, 2.24) is 10.2 Å². The Balaban J connectivity index is 2.30. The van der Waals surface area contributed by atoms with Crippen LogP contribution in [0.15, 0.2) is 0 Å². The zero-order chi connectivity index (χ0) is 12.7. The van der Waals surface area contributed by atoms with Crippen LogP contribution >= 0.6 is 0 Å². The number of carbonyl (C=O) groups excluding carboxylic acids is 1. The highest BCUT2D eigenvalue weighted by atomic mass is 16.5. The van der Waals surface area contributed by atoms with Gasteiger partial charge in [-0.1, -0.05) is 6.92 Å². The number of rotatable bonds is 7. The van der Waals surface area contributed by atoms with Gasteiger partial charge >= 0.3 is 0 Å². The molecule has 100 valence electrons. The van der Waals surface area contributed by atoms with Crippen LogP contribution in [0.5, 0.6) is 0 Å². The minimum Gasteiger partial charge on any atom is -0.381 e. The summed E-state index contributed by atoms with van der Waals surface area (Å²) >= 11 is 0. The molecule has 1 saturated heterocycles. The van der Waals surface area contributed by atoms with Crippen LogP contribution in [0.1, 0.15) is 19.8 Å². The average molecular weight is 243 g/mol. The molecule has 1 rings (SSSR count). The molecule has 0 aromatic heterocycles. The van der Waals surface area contributed by atoms with Crippen LogP contribution in [0.4, 0.5) is 0 Å². The number of hydrogen-bond acceptors (Lipinski definition) is 4. The summed E-state index contributed by atoms with van der Waals surface area (Å²) in [5.74, 6) is 0.308. The number of nitrogens with two attached hydrogens (primary N) is 1. The SMILES string of the molecule is CCNC(CN(C)CC1CCCOC1)C(N)=O. The summed E-state index contributed by atoms with van der Waals surface area (Å²) < 4.78 is 5.45. The Morgan fingerprint density at radius 2 is 2.41 bits per heavy atom. The highest BCUT2D eigenvalue weighted by Crippen LogP contribution is 2.14. The van der Waals surface area contributed by atoms with E-state index in [9.17, 15) is 4.79 Å². The molecule has 1 aliphatic heterocycles. The van der Waals surface area contributed by atoms with Crippen molar-refractivity contribution < 1.29 is 9.53 Å². The van der Waals surface area contributed by atoms with Gasteiger partial charge in [0.2, 0.25) is 5.91 Å². The molecule has 0 aromatic rings. The van der Waals surface area contributed by atoms with Crippen molar-refractivity contribution in [2.24, 2.45) is 11.7 Å². The lowest BCUT2D eigenvalue weighted by Crippen LogP contribution is -2.49. The van der Waals surface area contributed by atoms with Crippen molar-refractivity contribution in [3.8, 4) is 0 Å². The molecule has 3 N–H and O–H groups in total. The van der Waals surface area contributed by atoms with E-state index < -0.39 is 0 Å². The van der Waals surface area contributed by atoms with E-state index >= 15 is 0 Å². The normalized spacial score (nSPS) is 22.6. The highest BCUT2D eigenvalue weighted by molar-refractivity contribution is 5.80. The maximum absolute atomic E-state index is 11.2. The molecule has 0 radical (unpaired) electrons. The summed E-state index contributed by atoms with van der Waals surface area (Å²) in [6, 6.07) is -0.255. The van der Waals surface area contributed by atoms with E-state index in [0.717, 1.165) is 32.7 Å². The molecular formula is C12H25N3O2. The molecule has 1 fully saturated rings. The fourth-order valence-electron chi connectivity index (χ4n) is 2.28. The van der Waals surface area contributed by atoms with Gasteiger partial charge in [-0.25, -0.2) is 0 Å². The molecule has 5 nitrogen and oxygen atoms in total. The van der Waals surface area contributed by atoms with Crippen LogP contribution in [0.3, 0.4) is 0 Å². The highest BCUT2D eigenvalue weighted by Gasteiger charge is 2.20. The summed E-state index contributed by atoms with van der Waals surface area (Å²) in [4.78, 5) is 13.4. The Hall–Kier alpha value is -0.650. The van der Waals surface area contributed by atoms with E-state index in [1.165, 1.54) is 6.42 Å². The van der Waals surface area contributed by atoms with Gasteiger partial charge in [0, 0.05) is 19.7 Å². The quantitative estimate of drug-likeness (QED) is 0.650. The third-order valence-electron chi connectivity index (χ3n) is 3.11. The number of likely N-dealkylation sites (N-methyl/N-ethyl adjacent to an activating group) is 2.